The Balaban J connectivity index is 1.88. The number of nitrogens with one attached hydrogen (secondary N) is 1. The summed E-state index contributed by atoms with van der Waals surface area (Å²) < 4.78 is 27.5. The Labute approximate surface area is 115 Å². The van der Waals surface area contributed by atoms with Crippen molar-refractivity contribution in [1.29, 1.82) is 0 Å². The molecule has 2 unspecified atom stereocenters. The minimum Gasteiger partial charge on any atom is -0.312 e. The van der Waals surface area contributed by atoms with Crippen molar-refractivity contribution in [3.05, 3.63) is 33.8 Å². The van der Waals surface area contributed by atoms with Crippen molar-refractivity contribution in [2.24, 2.45) is 11.8 Å². The van der Waals surface area contributed by atoms with Crippen LogP contribution in [0.2, 0.25) is 0 Å². The van der Waals surface area contributed by atoms with Crippen LogP contribution in [-0.4, -0.2) is 6.54 Å². The van der Waals surface area contributed by atoms with Gasteiger partial charge in [-0.25, -0.2) is 8.78 Å². The molecule has 0 amide bonds. The summed E-state index contributed by atoms with van der Waals surface area (Å²) in [6.45, 7) is 3.35. The summed E-state index contributed by atoms with van der Waals surface area (Å²) in [7, 11) is 0. The molecule has 0 spiro atoms. The highest BCUT2D eigenvalue weighted by Crippen LogP contribution is 2.29. The Morgan fingerprint density at radius 3 is 2.78 bits per heavy atom. The average molecular weight is 318 g/mol. The lowest BCUT2D eigenvalue weighted by Crippen LogP contribution is -2.22. The molecule has 2 atom stereocenters. The monoisotopic (exact) mass is 317 g/mol. The normalized spacial score (nSPS) is 23.6. The molecule has 0 heterocycles. The predicted molar refractivity (Wildman–Crippen MR) is 72.3 cm³/mol. The van der Waals surface area contributed by atoms with Crippen LogP contribution in [0.3, 0.4) is 0 Å². The molecule has 1 saturated carbocycles. The van der Waals surface area contributed by atoms with Gasteiger partial charge in [-0.1, -0.05) is 13.3 Å². The molecule has 4 heteroatoms. The van der Waals surface area contributed by atoms with Crippen molar-refractivity contribution in [2.75, 3.05) is 6.54 Å². The molecule has 1 fully saturated rings. The van der Waals surface area contributed by atoms with Crippen LogP contribution >= 0.6 is 15.9 Å². The van der Waals surface area contributed by atoms with Crippen LogP contribution in [0, 0.1) is 23.5 Å². The number of hydrogen-bond acceptors (Lipinski definition) is 1. The Hall–Kier alpha value is -0.480. The average Bonchev–Trinajstić information content (AvgIpc) is 2.74. The quantitative estimate of drug-likeness (QED) is 0.818. The molecule has 1 aliphatic rings. The highest BCUT2D eigenvalue weighted by atomic mass is 79.9. The van der Waals surface area contributed by atoms with Gasteiger partial charge in [0.2, 0.25) is 0 Å². The number of rotatable bonds is 4. The fraction of sp³-hybridized carbons (Fsp3) is 0.571. The van der Waals surface area contributed by atoms with Gasteiger partial charge in [-0.15, -0.1) is 0 Å². The van der Waals surface area contributed by atoms with Crippen LogP contribution in [0.4, 0.5) is 8.78 Å². The molecule has 0 radical (unpaired) electrons. The maximum atomic E-state index is 13.7. The summed E-state index contributed by atoms with van der Waals surface area (Å²) in [6, 6.07) is 2.69. The molecule has 1 nitrogen and oxygen atoms in total. The lowest BCUT2D eigenvalue weighted by Gasteiger charge is -2.12. The molecule has 1 aromatic carbocycles. The van der Waals surface area contributed by atoms with E-state index in [4.69, 9.17) is 0 Å². The molecule has 1 aromatic rings. The first kappa shape index (κ1) is 13.9. The van der Waals surface area contributed by atoms with E-state index in [1.807, 2.05) is 0 Å². The maximum Gasteiger partial charge on any atom is 0.144 e. The first-order chi connectivity index (χ1) is 8.58. The Bertz CT molecular complexity index is 423. The first-order valence-electron chi connectivity index (χ1n) is 6.41. The molecule has 100 valence electrons. The molecule has 18 heavy (non-hydrogen) atoms. The van der Waals surface area contributed by atoms with Gasteiger partial charge in [-0.2, -0.15) is 0 Å². The second-order valence-corrected chi connectivity index (χ2v) is 6.09. The summed E-state index contributed by atoms with van der Waals surface area (Å²) >= 11 is 3.08. The lowest BCUT2D eigenvalue weighted by atomic mass is 10.1. The van der Waals surface area contributed by atoms with E-state index in [1.165, 1.54) is 31.4 Å². The predicted octanol–water partition coefficient (Wildman–Crippen LogP) is 4.25. The van der Waals surface area contributed by atoms with Crippen LogP contribution in [-0.2, 0) is 6.54 Å². The Morgan fingerprint density at radius 2 is 2.11 bits per heavy atom. The Kier molecular flexibility index (Phi) is 4.73. The zero-order valence-corrected chi connectivity index (χ0v) is 12.1. The highest BCUT2D eigenvalue weighted by Gasteiger charge is 2.21. The zero-order chi connectivity index (χ0) is 13.1. The molecule has 1 N–H and O–H groups in total. The minimum atomic E-state index is -0.498. The molecular weight excluding hydrogens is 300 g/mol. The van der Waals surface area contributed by atoms with Crippen molar-refractivity contribution >= 4 is 15.9 Å². The highest BCUT2D eigenvalue weighted by molar-refractivity contribution is 9.10. The van der Waals surface area contributed by atoms with E-state index in [0.717, 1.165) is 12.5 Å². The third kappa shape index (κ3) is 3.29. The number of hydrogen-bond donors (Lipinski definition) is 1. The molecular formula is C14H18BrF2N. The summed E-state index contributed by atoms with van der Waals surface area (Å²) in [5.41, 5.74) is 0.121. The standard InChI is InChI=1S/C14H18BrF2N/c1-9-2-3-10(6-9)7-18-8-11-13(16)5-4-12(15)14(11)17/h4-5,9-10,18H,2-3,6-8H2,1H3. The van der Waals surface area contributed by atoms with Gasteiger partial charge < -0.3 is 5.32 Å². The van der Waals surface area contributed by atoms with Crippen LogP contribution in [0.15, 0.2) is 16.6 Å². The second-order valence-electron chi connectivity index (χ2n) is 5.24. The van der Waals surface area contributed by atoms with E-state index in [-0.39, 0.29) is 12.1 Å². The summed E-state index contributed by atoms with van der Waals surface area (Å²) in [6.07, 6.45) is 3.71. The SMILES string of the molecule is CC1CCC(CNCc2c(F)ccc(Br)c2F)C1. The van der Waals surface area contributed by atoms with Gasteiger partial charge in [0.15, 0.2) is 0 Å². The van der Waals surface area contributed by atoms with E-state index in [1.54, 1.807) is 0 Å². The van der Waals surface area contributed by atoms with Crippen LogP contribution in [0.25, 0.3) is 0 Å². The summed E-state index contributed by atoms with van der Waals surface area (Å²) in [5.74, 6) is 0.458. The fourth-order valence-corrected chi connectivity index (χ4v) is 3.01. The number of benzene rings is 1. The van der Waals surface area contributed by atoms with E-state index in [9.17, 15) is 8.78 Å². The second kappa shape index (κ2) is 6.11. The van der Waals surface area contributed by atoms with Gasteiger partial charge in [0.05, 0.1) is 4.47 Å². The summed E-state index contributed by atoms with van der Waals surface area (Å²) in [4.78, 5) is 0. The summed E-state index contributed by atoms with van der Waals surface area (Å²) in [5, 5.41) is 3.17. The smallest absolute Gasteiger partial charge is 0.144 e. The van der Waals surface area contributed by atoms with Gasteiger partial charge >= 0.3 is 0 Å². The fourth-order valence-electron chi connectivity index (χ4n) is 2.64. The third-order valence-electron chi connectivity index (χ3n) is 3.68. The Morgan fingerprint density at radius 1 is 1.33 bits per heavy atom. The van der Waals surface area contributed by atoms with Gasteiger partial charge in [0, 0.05) is 12.1 Å². The van der Waals surface area contributed by atoms with Crippen molar-refractivity contribution in [1.82, 2.24) is 5.32 Å². The number of halogens is 3. The van der Waals surface area contributed by atoms with Crippen molar-refractivity contribution in [2.45, 2.75) is 32.7 Å². The lowest BCUT2D eigenvalue weighted by molar-refractivity contribution is 0.458. The maximum absolute atomic E-state index is 13.7. The molecule has 0 aromatic heterocycles. The molecule has 0 aliphatic heterocycles. The van der Waals surface area contributed by atoms with Gasteiger partial charge in [-0.3, -0.25) is 0 Å². The third-order valence-corrected chi connectivity index (χ3v) is 4.29. The molecule has 0 bridgehead atoms. The van der Waals surface area contributed by atoms with Crippen LogP contribution < -0.4 is 5.32 Å². The van der Waals surface area contributed by atoms with Crippen LogP contribution in [0.5, 0.6) is 0 Å². The van der Waals surface area contributed by atoms with Crippen molar-refractivity contribution in [3.8, 4) is 0 Å². The minimum absolute atomic E-state index is 0.121. The van der Waals surface area contributed by atoms with Crippen molar-refractivity contribution in [3.63, 3.8) is 0 Å². The van der Waals surface area contributed by atoms with Gasteiger partial charge in [0.1, 0.15) is 11.6 Å². The molecule has 0 saturated heterocycles. The largest absolute Gasteiger partial charge is 0.312 e. The zero-order valence-electron chi connectivity index (χ0n) is 10.5. The van der Waals surface area contributed by atoms with Crippen LogP contribution in [0.1, 0.15) is 31.7 Å². The van der Waals surface area contributed by atoms with Gasteiger partial charge in [0.25, 0.3) is 0 Å². The van der Waals surface area contributed by atoms with E-state index in [0.29, 0.717) is 10.4 Å². The topological polar surface area (TPSA) is 12.0 Å². The first-order valence-corrected chi connectivity index (χ1v) is 7.20. The molecule has 2 rings (SSSR count). The van der Waals surface area contributed by atoms with E-state index in [2.05, 4.69) is 28.2 Å². The van der Waals surface area contributed by atoms with Crippen molar-refractivity contribution < 1.29 is 8.78 Å². The molecule has 1 aliphatic carbocycles. The van der Waals surface area contributed by atoms with Gasteiger partial charge in [-0.05, 0) is 59.3 Å². The van der Waals surface area contributed by atoms with E-state index >= 15 is 0 Å². The van der Waals surface area contributed by atoms with E-state index < -0.39 is 11.6 Å².